The van der Waals surface area contributed by atoms with Crippen molar-refractivity contribution in [3.05, 3.63) is 41.7 Å². The second-order valence-corrected chi connectivity index (χ2v) is 3.38. The lowest BCUT2D eigenvalue weighted by Crippen LogP contribution is -2.03. The summed E-state index contributed by atoms with van der Waals surface area (Å²) < 4.78 is 10.4. The minimum Gasteiger partial charge on any atom is -0.497 e. The van der Waals surface area contributed by atoms with E-state index in [4.69, 9.17) is 14.9 Å². The van der Waals surface area contributed by atoms with E-state index in [1.54, 1.807) is 19.2 Å². The van der Waals surface area contributed by atoms with E-state index in [1.807, 2.05) is 32.1 Å². The molecule has 3 heteroatoms. The molecular weight excluding hydrogens is 202 g/mol. The van der Waals surface area contributed by atoms with Crippen LogP contribution in [0.5, 0.6) is 5.75 Å². The van der Waals surface area contributed by atoms with E-state index in [0.717, 1.165) is 23.5 Å². The largest absolute Gasteiger partial charge is 0.497 e. The third-order valence-electron chi connectivity index (χ3n) is 2.11. The zero-order valence-corrected chi connectivity index (χ0v) is 9.91. The van der Waals surface area contributed by atoms with Crippen molar-refractivity contribution in [2.75, 3.05) is 7.11 Å². The summed E-state index contributed by atoms with van der Waals surface area (Å²) in [6.45, 7) is 3.88. The van der Waals surface area contributed by atoms with Crippen molar-refractivity contribution in [2.45, 2.75) is 20.3 Å². The van der Waals surface area contributed by atoms with E-state index in [1.165, 1.54) is 0 Å². The highest BCUT2D eigenvalue weighted by atomic mass is 16.5. The van der Waals surface area contributed by atoms with Gasteiger partial charge in [-0.15, -0.1) is 0 Å². The number of nitrogens with one attached hydrogen (secondary N) is 1. The Labute approximate surface area is 96.2 Å². The molecular formula is C13H17NO2. The quantitative estimate of drug-likeness (QED) is 0.479. The number of hydrogen-bond acceptors (Lipinski definition) is 3. The molecule has 86 valence electrons. The third kappa shape index (κ3) is 3.42. The van der Waals surface area contributed by atoms with Crippen molar-refractivity contribution in [1.82, 2.24) is 0 Å². The van der Waals surface area contributed by atoms with E-state index in [-0.39, 0.29) is 5.90 Å². The fourth-order valence-corrected chi connectivity index (χ4v) is 1.29. The predicted octanol–water partition coefficient (Wildman–Crippen LogP) is 3.35. The van der Waals surface area contributed by atoms with Gasteiger partial charge < -0.3 is 9.47 Å². The molecule has 16 heavy (non-hydrogen) atoms. The van der Waals surface area contributed by atoms with Crippen LogP contribution in [0.1, 0.15) is 25.8 Å². The van der Waals surface area contributed by atoms with Crippen molar-refractivity contribution < 1.29 is 9.47 Å². The fraction of sp³-hybridized carbons (Fsp3) is 0.308. The van der Waals surface area contributed by atoms with Crippen molar-refractivity contribution in [3.8, 4) is 5.75 Å². The second kappa shape index (κ2) is 5.95. The Hall–Kier alpha value is -1.77. The molecule has 0 heterocycles. The first kappa shape index (κ1) is 12.3. The highest BCUT2D eigenvalue weighted by Gasteiger charge is 2.03. The zero-order valence-electron chi connectivity index (χ0n) is 9.91. The average Bonchev–Trinajstić information content (AvgIpc) is 2.29. The molecule has 0 aliphatic carbocycles. The Morgan fingerprint density at radius 1 is 1.31 bits per heavy atom. The van der Waals surface area contributed by atoms with Crippen LogP contribution < -0.4 is 4.74 Å². The summed E-state index contributed by atoms with van der Waals surface area (Å²) in [4.78, 5) is 0. The Morgan fingerprint density at radius 2 is 1.94 bits per heavy atom. The molecule has 0 bridgehead atoms. The molecule has 1 rings (SSSR count). The molecule has 3 nitrogen and oxygen atoms in total. The summed E-state index contributed by atoms with van der Waals surface area (Å²) in [5.74, 6) is 1.69. The molecule has 0 saturated carbocycles. The van der Waals surface area contributed by atoms with Gasteiger partial charge in [0.2, 0.25) is 5.90 Å². The Kier molecular flexibility index (Phi) is 4.58. The van der Waals surface area contributed by atoms with Gasteiger partial charge >= 0.3 is 0 Å². The van der Waals surface area contributed by atoms with Crippen molar-refractivity contribution in [3.63, 3.8) is 0 Å². The van der Waals surface area contributed by atoms with Gasteiger partial charge in [-0.3, -0.25) is 5.41 Å². The molecule has 0 spiro atoms. The van der Waals surface area contributed by atoms with Crippen LogP contribution in [0.15, 0.2) is 36.1 Å². The van der Waals surface area contributed by atoms with Gasteiger partial charge in [0.15, 0.2) is 0 Å². The topological polar surface area (TPSA) is 42.3 Å². The number of rotatable bonds is 4. The maximum Gasteiger partial charge on any atom is 0.218 e. The van der Waals surface area contributed by atoms with Gasteiger partial charge in [0.1, 0.15) is 5.75 Å². The minimum absolute atomic E-state index is 0.157. The van der Waals surface area contributed by atoms with Crippen molar-refractivity contribution >= 4 is 5.90 Å². The van der Waals surface area contributed by atoms with Crippen molar-refractivity contribution in [1.29, 1.82) is 5.41 Å². The highest BCUT2D eigenvalue weighted by Crippen LogP contribution is 2.13. The van der Waals surface area contributed by atoms with Crippen LogP contribution in [0.4, 0.5) is 0 Å². The first-order valence-electron chi connectivity index (χ1n) is 5.25. The van der Waals surface area contributed by atoms with Gasteiger partial charge in [0.25, 0.3) is 0 Å². The van der Waals surface area contributed by atoms with Gasteiger partial charge in [-0.05, 0) is 43.7 Å². The van der Waals surface area contributed by atoms with E-state index >= 15 is 0 Å². The third-order valence-corrected chi connectivity index (χ3v) is 2.11. The minimum atomic E-state index is 0.157. The maximum absolute atomic E-state index is 7.76. The summed E-state index contributed by atoms with van der Waals surface area (Å²) in [5.41, 5.74) is 0.740. The van der Waals surface area contributed by atoms with Gasteiger partial charge in [-0.25, -0.2) is 0 Å². The Bertz CT molecular complexity index is 379. The van der Waals surface area contributed by atoms with Crippen LogP contribution in [0.2, 0.25) is 0 Å². The number of methoxy groups -OCH3 is 1. The molecule has 1 aromatic rings. The molecule has 1 aromatic carbocycles. The predicted molar refractivity (Wildman–Crippen MR) is 65.0 cm³/mol. The van der Waals surface area contributed by atoms with E-state index in [0.29, 0.717) is 0 Å². The first-order valence-corrected chi connectivity index (χ1v) is 5.25. The molecule has 0 aliphatic rings. The van der Waals surface area contributed by atoms with Gasteiger partial charge in [-0.1, -0.05) is 6.92 Å². The van der Waals surface area contributed by atoms with Crippen LogP contribution in [0.3, 0.4) is 0 Å². The molecule has 0 amide bonds. The summed E-state index contributed by atoms with van der Waals surface area (Å²) >= 11 is 0. The molecule has 1 N–H and O–H groups in total. The molecule has 0 unspecified atom stereocenters. The van der Waals surface area contributed by atoms with Crippen LogP contribution in [0, 0.1) is 5.41 Å². The van der Waals surface area contributed by atoms with Crippen LogP contribution in [0.25, 0.3) is 0 Å². The lowest BCUT2D eigenvalue weighted by molar-refractivity contribution is 0.410. The monoisotopic (exact) mass is 219 g/mol. The molecule has 0 saturated heterocycles. The summed E-state index contributed by atoms with van der Waals surface area (Å²) in [6, 6.07) is 7.24. The number of benzene rings is 1. The molecule has 0 aliphatic heterocycles. The standard InChI is InChI=1S/C13H17NO2/c1-4-5-10(2)16-13(14)11-6-8-12(15-3)9-7-11/h5-9,14H,4H2,1-3H3/b10-5+,14-13?. The van der Waals surface area contributed by atoms with Crippen LogP contribution in [-0.4, -0.2) is 13.0 Å². The SMILES string of the molecule is CC/C=C(\C)OC(=N)c1ccc(OC)cc1. The van der Waals surface area contributed by atoms with Crippen molar-refractivity contribution in [2.24, 2.45) is 0 Å². The van der Waals surface area contributed by atoms with E-state index in [2.05, 4.69) is 0 Å². The lowest BCUT2D eigenvalue weighted by Gasteiger charge is -2.07. The second-order valence-electron chi connectivity index (χ2n) is 3.38. The normalized spacial score (nSPS) is 11.1. The Morgan fingerprint density at radius 3 is 2.44 bits per heavy atom. The summed E-state index contributed by atoms with van der Waals surface area (Å²) in [5, 5.41) is 7.76. The van der Waals surface area contributed by atoms with Gasteiger partial charge in [0.05, 0.1) is 12.9 Å². The molecule has 0 radical (unpaired) electrons. The maximum atomic E-state index is 7.76. The molecule has 0 atom stereocenters. The van der Waals surface area contributed by atoms with E-state index < -0.39 is 0 Å². The number of hydrogen-bond donors (Lipinski definition) is 1. The summed E-state index contributed by atoms with van der Waals surface area (Å²) in [7, 11) is 1.62. The number of ether oxygens (including phenoxy) is 2. The fourth-order valence-electron chi connectivity index (χ4n) is 1.29. The molecule has 0 fully saturated rings. The van der Waals surface area contributed by atoms with Gasteiger partial charge in [-0.2, -0.15) is 0 Å². The van der Waals surface area contributed by atoms with E-state index in [9.17, 15) is 0 Å². The summed E-state index contributed by atoms with van der Waals surface area (Å²) in [6.07, 6.45) is 2.85. The average molecular weight is 219 g/mol. The smallest absolute Gasteiger partial charge is 0.218 e. The van der Waals surface area contributed by atoms with Crippen LogP contribution >= 0.6 is 0 Å². The van der Waals surface area contributed by atoms with Gasteiger partial charge in [0, 0.05) is 5.56 Å². The number of allylic oxidation sites excluding steroid dienone is 2. The zero-order chi connectivity index (χ0) is 12.0. The Balaban J connectivity index is 2.69. The molecule has 0 aromatic heterocycles. The lowest BCUT2D eigenvalue weighted by atomic mass is 10.2. The highest BCUT2D eigenvalue weighted by molar-refractivity contribution is 5.92. The first-order chi connectivity index (χ1) is 7.67. The van der Waals surface area contributed by atoms with Crippen LogP contribution in [-0.2, 0) is 4.74 Å².